The van der Waals surface area contributed by atoms with E-state index in [1.54, 1.807) is 28.9 Å². The van der Waals surface area contributed by atoms with Gasteiger partial charge in [-0.25, -0.2) is 0 Å². The molecule has 2 heterocycles. The largest absolute Gasteiger partial charge is 0.508 e. The summed E-state index contributed by atoms with van der Waals surface area (Å²) < 4.78 is 15.0. The van der Waals surface area contributed by atoms with E-state index >= 15 is 0 Å². The van der Waals surface area contributed by atoms with E-state index in [9.17, 15) is 19.8 Å². The zero-order chi connectivity index (χ0) is 37.9. The summed E-state index contributed by atoms with van der Waals surface area (Å²) in [6.07, 6.45) is 1.85. The van der Waals surface area contributed by atoms with Gasteiger partial charge in [-0.15, -0.1) is 5.10 Å². The Morgan fingerprint density at radius 1 is 0.852 bits per heavy atom. The Balaban J connectivity index is 1.12. The summed E-state index contributed by atoms with van der Waals surface area (Å²) in [7, 11) is 0. The number of hydrogen-bond donors (Lipinski definition) is 4. The molecule has 0 aliphatic carbocycles. The molecule has 1 aliphatic heterocycles. The highest BCUT2D eigenvalue weighted by Gasteiger charge is 2.38. The first-order valence-corrected chi connectivity index (χ1v) is 19.2. The summed E-state index contributed by atoms with van der Waals surface area (Å²) in [5.74, 6) is 0.682. The number of aliphatic hydroxyl groups excluding tert-OH is 1. The summed E-state index contributed by atoms with van der Waals surface area (Å²) in [5.41, 5.74) is 6.52. The van der Waals surface area contributed by atoms with Gasteiger partial charge in [-0.1, -0.05) is 91.8 Å². The Labute approximate surface area is 319 Å². The van der Waals surface area contributed by atoms with Gasteiger partial charge in [-0.3, -0.25) is 9.59 Å². The fourth-order valence-corrected chi connectivity index (χ4v) is 7.38. The molecule has 1 fully saturated rings. The minimum Gasteiger partial charge on any atom is -0.508 e. The number of carbonyl (C=O) groups excluding carboxylic acids is 2. The lowest BCUT2D eigenvalue weighted by Crippen LogP contribution is -2.38. The molecule has 5 aromatic rings. The minimum absolute atomic E-state index is 0.0151. The lowest BCUT2D eigenvalue weighted by molar-refractivity contribution is -0.268. The summed E-state index contributed by atoms with van der Waals surface area (Å²) in [4.78, 5) is 23.4. The Hall–Kier alpha value is -5.08. The first-order valence-electron chi connectivity index (χ1n) is 18.2. The van der Waals surface area contributed by atoms with Crippen LogP contribution in [0.1, 0.15) is 74.2 Å². The van der Waals surface area contributed by atoms with Gasteiger partial charge in [0.15, 0.2) is 6.29 Å². The van der Waals surface area contributed by atoms with E-state index in [1.165, 1.54) is 18.7 Å². The van der Waals surface area contributed by atoms with E-state index in [4.69, 9.17) is 9.47 Å². The van der Waals surface area contributed by atoms with Crippen molar-refractivity contribution in [3.05, 3.63) is 119 Å². The number of ether oxygens (including phenoxy) is 2. The van der Waals surface area contributed by atoms with E-state index in [0.717, 1.165) is 58.3 Å². The molecule has 2 amide bonds. The van der Waals surface area contributed by atoms with E-state index in [-0.39, 0.29) is 42.3 Å². The van der Waals surface area contributed by atoms with Crippen molar-refractivity contribution in [1.29, 1.82) is 0 Å². The van der Waals surface area contributed by atoms with Crippen molar-refractivity contribution in [2.24, 2.45) is 5.92 Å². The molecule has 0 radical (unpaired) electrons. The van der Waals surface area contributed by atoms with Crippen LogP contribution in [-0.4, -0.2) is 60.6 Å². The van der Waals surface area contributed by atoms with Crippen molar-refractivity contribution in [2.75, 3.05) is 12.3 Å². The fraction of sp³-hybridized carbons (Fsp3) is 0.341. The number of thioether (sulfide) groups is 1. The van der Waals surface area contributed by atoms with Gasteiger partial charge < -0.3 is 30.3 Å². The van der Waals surface area contributed by atoms with E-state index in [1.807, 2.05) is 48.5 Å². The number of unbranched alkanes of at least 4 members (excludes halogenated alkanes) is 2. The van der Waals surface area contributed by atoms with Gasteiger partial charge in [0.25, 0.3) is 0 Å². The number of carbonyl (C=O) groups is 2. The fourth-order valence-electron chi connectivity index (χ4n) is 6.33. The van der Waals surface area contributed by atoms with Crippen LogP contribution in [0.4, 0.5) is 0 Å². The van der Waals surface area contributed by atoms with Crippen molar-refractivity contribution in [1.82, 2.24) is 30.8 Å². The number of tetrazole rings is 1. The average molecular weight is 751 g/mol. The summed E-state index contributed by atoms with van der Waals surface area (Å²) in [6, 6.07) is 30.8. The Morgan fingerprint density at radius 2 is 1.61 bits per heavy atom. The second kappa shape index (κ2) is 18.8. The maximum absolute atomic E-state index is 12.4. The molecule has 13 heteroatoms. The van der Waals surface area contributed by atoms with Crippen LogP contribution in [-0.2, 0) is 32.2 Å². The van der Waals surface area contributed by atoms with Crippen molar-refractivity contribution in [3.63, 3.8) is 0 Å². The van der Waals surface area contributed by atoms with E-state index in [2.05, 4.69) is 57.3 Å². The number of nitrogens with one attached hydrogen (secondary N) is 2. The lowest BCUT2D eigenvalue weighted by Gasteiger charge is -2.41. The number of phenols is 1. The molecule has 4 N–H and O–H groups in total. The second-order valence-corrected chi connectivity index (χ2v) is 14.4. The lowest BCUT2D eigenvalue weighted by atomic mass is 9.91. The van der Waals surface area contributed by atoms with Crippen LogP contribution in [0.15, 0.2) is 102 Å². The SMILES string of the molecule is CC(=O)NCCCCCC(=O)NCc1cccc(-c2ccc([C@@H]3O[C@H](CSc4nnnn4-c4ccc(O)cc4)[C@H](C)[C@H](c4ccc(CO)cc4)O3)cc2)c1. The second-order valence-electron chi connectivity index (χ2n) is 13.4. The van der Waals surface area contributed by atoms with Crippen LogP contribution < -0.4 is 10.6 Å². The van der Waals surface area contributed by atoms with Crippen molar-refractivity contribution in [2.45, 2.75) is 76.3 Å². The number of nitrogens with zero attached hydrogens (tertiary/aromatic N) is 4. The van der Waals surface area contributed by atoms with Crippen LogP contribution in [0.25, 0.3) is 16.8 Å². The van der Waals surface area contributed by atoms with Crippen molar-refractivity contribution >= 4 is 23.6 Å². The number of aromatic nitrogens is 4. The van der Waals surface area contributed by atoms with Crippen LogP contribution in [0.2, 0.25) is 0 Å². The molecule has 0 spiro atoms. The molecule has 4 aromatic carbocycles. The number of hydrogen-bond acceptors (Lipinski definition) is 10. The third-order valence-electron chi connectivity index (χ3n) is 9.42. The third-order valence-corrected chi connectivity index (χ3v) is 10.4. The zero-order valence-electron chi connectivity index (χ0n) is 30.4. The standard InChI is InChI=1S/C41H46N6O6S/c1-27-37(26-54-41-44-45-46-47(41)35-18-20-36(50)21-19-35)52-40(53-39(27)32-12-10-29(25-48)11-13-32)33-16-14-31(15-17-33)34-8-6-7-30(23-34)24-43-38(51)9-4-3-5-22-42-28(2)49/h6-8,10-21,23,27,37,39-40,48,50H,3-5,9,22,24-26H2,1-2H3,(H,42,49)(H,43,51)/t27-,37+,39+,40+/m0/s1. The first kappa shape index (κ1) is 38.6. The molecule has 0 saturated carbocycles. The predicted octanol–water partition coefficient (Wildman–Crippen LogP) is 6.42. The van der Waals surface area contributed by atoms with Crippen molar-refractivity contribution in [3.8, 4) is 22.6 Å². The van der Waals surface area contributed by atoms with Gasteiger partial charge in [0.05, 0.1) is 24.5 Å². The Kier molecular flexibility index (Phi) is 13.4. The number of aliphatic hydroxyl groups is 1. The van der Waals surface area contributed by atoms with Gasteiger partial charge in [0.1, 0.15) is 5.75 Å². The summed E-state index contributed by atoms with van der Waals surface area (Å²) in [5, 5.41) is 38.1. The number of benzene rings is 4. The van der Waals surface area contributed by atoms with Gasteiger partial charge >= 0.3 is 0 Å². The van der Waals surface area contributed by atoms with E-state index in [0.29, 0.717) is 30.4 Å². The molecule has 12 nitrogen and oxygen atoms in total. The molecule has 54 heavy (non-hydrogen) atoms. The zero-order valence-corrected chi connectivity index (χ0v) is 31.2. The molecular formula is C41H46N6O6S. The number of amides is 2. The van der Waals surface area contributed by atoms with Gasteiger partial charge in [-0.05, 0) is 81.4 Å². The van der Waals surface area contributed by atoms with Gasteiger partial charge in [-0.2, -0.15) is 4.68 Å². The minimum atomic E-state index is -0.636. The Bertz CT molecular complexity index is 1970. The highest BCUT2D eigenvalue weighted by molar-refractivity contribution is 7.99. The maximum Gasteiger partial charge on any atom is 0.220 e. The monoisotopic (exact) mass is 750 g/mol. The normalized spacial score (nSPS) is 18.3. The summed E-state index contributed by atoms with van der Waals surface area (Å²) >= 11 is 1.49. The van der Waals surface area contributed by atoms with Crippen molar-refractivity contribution < 1.29 is 29.3 Å². The molecule has 0 bridgehead atoms. The molecular weight excluding hydrogens is 705 g/mol. The molecule has 4 atom stereocenters. The number of phenolic OH excluding ortho intramolecular Hbond substituents is 1. The maximum atomic E-state index is 12.4. The summed E-state index contributed by atoms with van der Waals surface area (Å²) in [6.45, 7) is 4.67. The first-order chi connectivity index (χ1) is 26.3. The molecule has 6 rings (SSSR count). The quantitative estimate of drug-likeness (QED) is 0.0654. The highest BCUT2D eigenvalue weighted by Crippen LogP contribution is 2.43. The molecule has 1 aliphatic rings. The van der Waals surface area contributed by atoms with Gasteiger partial charge in [0.2, 0.25) is 17.0 Å². The molecule has 0 unspecified atom stereocenters. The van der Waals surface area contributed by atoms with E-state index < -0.39 is 6.29 Å². The number of rotatable bonds is 16. The Morgan fingerprint density at radius 3 is 2.35 bits per heavy atom. The molecule has 1 aromatic heterocycles. The predicted molar refractivity (Wildman–Crippen MR) is 205 cm³/mol. The van der Waals surface area contributed by atoms with Crippen LogP contribution in [0, 0.1) is 5.92 Å². The molecule has 282 valence electrons. The van der Waals surface area contributed by atoms with Crippen LogP contribution in [0.5, 0.6) is 5.75 Å². The number of aromatic hydroxyl groups is 1. The smallest absolute Gasteiger partial charge is 0.220 e. The van der Waals surface area contributed by atoms with Gasteiger partial charge in [0, 0.05) is 43.7 Å². The van der Waals surface area contributed by atoms with Crippen LogP contribution >= 0.6 is 11.8 Å². The average Bonchev–Trinajstić information content (AvgIpc) is 3.67. The highest BCUT2D eigenvalue weighted by atomic mass is 32.2. The topological polar surface area (TPSA) is 161 Å². The third kappa shape index (κ3) is 10.3. The van der Waals surface area contributed by atoms with Crippen LogP contribution in [0.3, 0.4) is 0 Å². The molecule has 1 saturated heterocycles.